The van der Waals surface area contributed by atoms with Gasteiger partial charge in [-0.15, -0.1) is 0 Å². The summed E-state index contributed by atoms with van der Waals surface area (Å²) in [4.78, 5) is 25.0. The van der Waals surface area contributed by atoms with Crippen molar-refractivity contribution in [1.29, 1.82) is 0 Å². The Kier molecular flexibility index (Phi) is 8.04. The molecule has 0 aliphatic carbocycles. The van der Waals surface area contributed by atoms with Crippen LogP contribution in [0.15, 0.2) is 24.3 Å². The van der Waals surface area contributed by atoms with E-state index < -0.39 is 0 Å². The van der Waals surface area contributed by atoms with E-state index in [2.05, 4.69) is 11.7 Å². The van der Waals surface area contributed by atoms with Crippen LogP contribution in [-0.2, 0) is 20.7 Å². The van der Waals surface area contributed by atoms with Gasteiger partial charge in [-0.1, -0.05) is 26.0 Å². The Morgan fingerprint density at radius 2 is 1.77 bits per heavy atom. The van der Waals surface area contributed by atoms with Crippen molar-refractivity contribution in [2.45, 2.75) is 33.1 Å². The van der Waals surface area contributed by atoms with Crippen LogP contribution in [0.25, 0.3) is 0 Å². The van der Waals surface area contributed by atoms with Crippen molar-refractivity contribution in [2.75, 3.05) is 26.8 Å². The van der Waals surface area contributed by atoms with Crippen LogP contribution < -0.4 is 4.74 Å². The number of ether oxygens (including phenoxy) is 2. The molecule has 1 aromatic rings. The number of aryl methyl sites for hydroxylation is 1. The second-order valence-electron chi connectivity index (χ2n) is 4.99. The van der Waals surface area contributed by atoms with Crippen molar-refractivity contribution < 1.29 is 19.1 Å². The quantitative estimate of drug-likeness (QED) is 0.658. The van der Waals surface area contributed by atoms with Crippen LogP contribution in [0.5, 0.6) is 5.75 Å². The SMILES string of the molecule is CCCN(CCC(=O)OC)C(=O)COc1ccc(CC)cc1. The third-order valence-electron chi connectivity index (χ3n) is 3.35. The van der Waals surface area contributed by atoms with Gasteiger partial charge in [0.15, 0.2) is 6.61 Å². The molecule has 0 aliphatic heterocycles. The Bertz CT molecular complexity index is 470. The van der Waals surface area contributed by atoms with E-state index in [1.54, 1.807) is 4.90 Å². The minimum atomic E-state index is -0.315. The summed E-state index contributed by atoms with van der Waals surface area (Å²) in [5.74, 6) is 0.241. The van der Waals surface area contributed by atoms with Crippen LogP contribution in [0.1, 0.15) is 32.3 Å². The highest BCUT2D eigenvalue weighted by Gasteiger charge is 2.15. The molecule has 5 heteroatoms. The summed E-state index contributed by atoms with van der Waals surface area (Å²) >= 11 is 0. The van der Waals surface area contributed by atoms with Crippen molar-refractivity contribution in [2.24, 2.45) is 0 Å². The number of carbonyl (C=O) groups excluding carboxylic acids is 2. The molecule has 0 heterocycles. The van der Waals surface area contributed by atoms with E-state index in [1.807, 2.05) is 31.2 Å². The van der Waals surface area contributed by atoms with Gasteiger partial charge in [0, 0.05) is 13.1 Å². The lowest BCUT2D eigenvalue weighted by molar-refractivity contribution is -0.142. The summed E-state index contributed by atoms with van der Waals surface area (Å²) in [6, 6.07) is 7.71. The summed E-state index contributed by atoms with van der Waals surface area (Å²) in [6.45, 7) is 5.02. The van der Waals surface area contributed by atoms with Crippen LogP contribution in [0.4, 0.5) is 0 Å². The van der Waals surface area contributed by atoms with E-state index in [9.17, 15) is 9.59 Å². The topological polar surface area (TPSA) is 55.8 Å². The Morgan fingerprint density at radius 1 is 1.09 bits per heavy atom. The molecule has 0 aliphatic rings. The molecule has 0 spiro atoms. The average molecular weight is 307 g/mol. The number of rotatable bonds is 9. The van der Waals surface area contributed by atoms with Gasteiger partial charge >= 0.3 is 5.97 Å². The first-order chi connectivity index (χ1) is 10.6. The average Bonchev–Trinajstić information content (AvgIpc) is 2.56. The van der Waals surface area contributed by atoms with Gasteiger partial charge in [-0.05, 0) is 30.5 Å². The van der Waals surface area contributed by atoms with Gasteiger partial charge in [0.2, 0.25) is 0 Å². The second-order valence-corrected chi connectivity index (χ2v) is 4.99. The summed E-state index contributed by atoms with van der Waals surface area (Å²) in [5, 5.41) is 0. The summed E-state index contributed by atoms with van der Waals surface area (Å²) in [5.41, 5.74) is 1.23. The summed E-state index contributed by atoms with van der Waals surface area (Å²) in [7, 11) is 1.34. The van der Waals surface area contributed by atoms with Crippen molar-refractivity contribution in [1.82, 2.24) is 4.90 Å². The highest BCUT2D eigenvalue weighted by molar-refractivity contribution is 5.78. The van der Waals surface area contributed by atoms with Gasteiger partial charge in [0.1, 0.15) is 5.75 Å². The smallest absolute Gasteiger partial charge is 0.307 e. The normalized spacial score (nSPS) is 10.1. The van der Waals surface area contributed by atoms with E-state index in [0.29, 0.717) is 18.8 Å². The minimum Gasteiger partial charge on any atom is -0.484 e. The zero-order valence-electron chi connectivity index (χ0n) is 13.6. The van der Waals surface area contributed by atoms with E-state index in [0.717, 1.165) is 12.8 Å². The number of hydrogen-bond acceptors (Lipinski definition) is 4. The van der Waals surface area contributed by atoms with E-state index in [1.165, 1.54) is 12.7 Å². The number of amides is 1. The number of nitrogens with zero attached hydrogens (tertiary/aromatic N) is 1. The fourth-order valence-corrected chi connectivity index (χ4v) is 2.02. The Labute approximate surface area is 132 Å². The maximum atomic E-state index is 12.2. The molecule has 1 aromatic carbocycles. The molecular weight excluding hydrogens is 282 g/mol. The van der Waals surface area contributed by atoms with Crippen molar-refractivity contribution in [3.63, 3.8) is 0 Å². The zero-order chi connectivity index (χ0) is 16.4. The molecule has 122 valence electrons. The van der Waals surface area contributed by atoms with Gasteiger partial charge < -0.3 is 14.4 Å². The monoisotopic (exact) mass is 307 g/mol. The number of hydrogen-bond donors (Lipinski definition) is 0. The van der Waals surface area contributed by atoms with Crippen LogP contribution in [-0.4, -0.2) is 43.6 Å². The molecule has 0 atom stereocenters. The summed E-state index contributed by atoms with van der Waals surface area (Å²) < 4.78 is 10.1. The number of esters is 1. The molecule has 5 nitrogen and oxygen atoms in total. The molecule has 0 unspecified atom stereocenters. The molecule has 0 bridgehead atoms. The van der Waals surface area contributed by atoms with Crippen LogP contribution in [0.2, 0.25) is 0 Å². The number of carbonyl (C=O) groups is 2. The van der Waals surface area contributed by atoms with Crippen LogP contribution in [0.3, 0.4) is 0 Å². The summed E-state index contributed by atoms with van der Waals surface area (Å²) in [6.07, 6.45) is 2.00. The fraction of sp³-hybridized carbons (Fsp3) is 0.529. The Hall–Kier alpha value is -2.04. The largest absolute Gasteiger partial charge is 0.484 e. The lowest BCUT2D eigenvalue weighted by Crippen LogP contribution is -2.37. The van der Waals surface area contributed by atoms with Gasteiger partial charge in [-0.2, -0.15) is 0 Å². The molecule has 0 saturated heterocycles. The third kappa shape index (κ3) is 6.16. The first-order valence-corrected chi connectivity index (χ1v) is 7.67. The van der Waals surface area contributed by atoms with Crippen molar-refractivity contribution >= 4 is 11.9 Å². The predicted octanol–water partition coefficient (Wildman–Crippen LogP) is 2.43. The van der Waals surface area contributed by atoms with Crippen LogP contribution in [0, 0.1) is 0 Å². The highest BCUT2D eigenvalue weighted by Crippen LogP contribution is 2.12. The standard InChI is InChI=1S/C17H25NO4/c1-4-11-18(12-10-17(20)21-3)16(19)13-22-15-8-6-14(5-2)7-9-15/h6-9H,4-5,10-13H2,1-3H3. The zero-order valence-corrected chi connectivity index (χ0v) is 13.6. The Balaban J connectivity index is 2.49. The van der Waals surface area contributed by atoms with E-state index >= 15 is 0 Å². The molecule has 1 rings (SSSR count). The maximum Gasteiger partial charge on any atom is 0.307 e. The molecule has 0 saturated carbocycles. The fourth-order valence-electron chi connectivity index (χ4n) is 2.02. The van der Waals surface area contributed by atoms with E-state index in [-0.39, 0.29) is 24.9 Å². The maximum absolute atomic E-state index is 12.2. The van der Waals surface area contributed by atoms with Gasteiger partial charge in [-0.25, -0.2) is 0 Å². The molecule has 0 radical (unpaired) electrons. The van der Waals surface area contributed by atoms with Crippen molar-refractivity contribution in [3.8, 4) is 5.75 Å². The molecule has 1 amide bonds. The lowest BCUT2D eigenvalue weighted by Gasteiger charge is -2.21. The number of benzene rings is 1. The van der Waals surface area contributed by atoms with Gasteiger partial charge in [0.25, 0.3) is 5.91 Å². The highest BCUT2D eigenvalue weighted by atomic mass is 16.5. The first-order valence-electron chi connectivity index (χ1n) is 7.67. The molecule has 0 fully saturated rings. The third-order valence-corrected chi connectivity index (χ3v) is 3.35. The molecular formula is C17H25NO4. The van der Waals surface area contributed by atoms with Gasteiger partial charge in [0.05, 0.1) is 13.5 Å². The lowest BCUT2D eigenvalue weighted by atomic mass is 10.2. The molecule has 22 heavy (non-hydrogen) atoms. The van der Waals surface area contributed by atoms with Gasteiger partial charge in [-0.3, -0.25) is 9.59 Å². The number of methoxy groups -OCH3 is 1. The minimum absolute atomic E-state index is 0.0212. The first kappa shape index (κ1) is 18.0. The van der Waals surface area contributed by atoms with Crippen LogP contribution >= 0.6 is 0 Å². The predicted molar refractivity (Wildman–Crippen MR) is 84.8 cm³/mol. The van der Waals surface area contributed by atoms with E-state index in [4.69, 9.17) is 4.74 Å². The molecule has 0 N–H and O–H groups in total. The second kappa shape index (κ2) is 9.82. The Morgan fingerprint density at radius 3 is 2.32 bits per heavy atom. The van der Waals surface area contributed by atoms with Crippen molar-refractivity contribution in [3.05, 3.63) is 29.8 Å². The molecule has 0 aromatic heterocycles.